The molecule has 0 saturated carbocycles. The van der Waals surface area contributed by atoms with E-state index in [4.69, 9.17) is 5.41 Å². The van der Waals surface area contributed by atoms with Crippen LogP contribution < -0.4 is 0 Å². The normalized spacial score (nSPS) is 21.7. The number of nitrogens with zero attached hydrogens (tertiary/aromatic N) is 2. The molecule has 0 aromatic heterocycles. The minimum atomic E-state index is 0.926. The van der Waals surface area contributed by atoms with Crippen molar-refractivity contribution in [3.05, 3.63) is 46.5 Å². The number of fused-ring (bicyclic) bond motifs is 1. The Bertz CT molecular complexity index is 430. The largest absolute Gasteiger partial charge is 0.759 e. The molecular formula is C13H14N2. The number of quaternary nitrogens is 1. The molecule has 1 saturated heterocycles. The van der Waals surface area contributed by atoms with Gasteiger partial charge in [0, 0.05) is 24.0 Å². The van der Waals surface area contributed by atoms with Crippen molar-refractivity contribution >= 4 is 5.87 Å². The van der Waals surface area contributed by atoms with Gasteiger partial charge in [0.15, 0.2) is 0 Å². The van der Waals surface area contributed by atoms with Gasteiger partial charge in [-0.2, -0.15) is 0 Å². The average molecular weight is 198 g/mol. The average Bonchev–Trinajstić information content (AvgIpc) is 2.81. The van der Waals surface area contributed by atoms with Crippen LogP contribution in [-0.4, -0.2) is 16.9 Å². The van der Waals surface area contributed by atoms with Gasteiger partial charge in [-0.15, -0.1) is 0 Å². The van der Waals surface area contributed by atoms with E-state index in [9.17, 15) is 0 Å². The van der Waals surface area contributed by atoms with E-state index in [1.165, 1.54) is 17.5 Å². The lowest BCUT2D eigenvalue weighted by molar-refractivity contribution is -0.901. The van der Waals surface area contributed by atoms with Gasteiger partial charge in [-0.25, -0.2) is 5.87 Å². The van der Waals surface area contributed by atoms with Gasteiger partial charge in [-0.3, -0.25) is 4.48 Å². The summed E-state index contributed by atoms with van der Waals surface area (Å²) in [7, 11) is 0. The zero-order valence-corrected chi connectivity index (χ0v) is 8.74. The Hall–Kier alpha value is -1.37. The third-order valence-electron chi connectivity index (χ3n) is 3.77. The molecule has 1 aromatic carbocycles. The van der Waals surface area contributed by atoms with Crippen molar-refractivity contribution < 1.29 is 4.48 Å². The number of hydrogen-bond donors (Lipinski definition) is 0. The zero-order chi connectivity index (χ0) is 10.3. The third-order valence-corrected chi connectivity index (χ3v) is 3.77. The minimum Gasteiger partial charge on any atom is -0.759 e. The summed E-state index contributed by atoms with van der Waals surface area (Å²) in [5.74, 6) is 2.42. The quantitative estimate of drug-likeness (QED) is 0.451. The van der Waals surface area contributed by atoms with Crippen LogP contribution >= 0.6 is 0 Å². The van der Waals surface area contributed by atoms with E-state index in [-0.39, 0.29) is 0 Å². The van der Waals surface area contributed by atoms with Gasteiger partial charge < -0.3 is 5.41 Å². The molecule has 0 amide bonds. The number of benzene rings is 1. The summed E-state index contributed by atoms with van der Waals surface area (Å²) in [5, 5.41) is 9.17. The fraction of sp³-hybridized carbons (Fsp3) is 0.385. The minimum absolute atomic E-state index is 0.926. The van der Waals surface area contributed by atoms with E-state index >= 15 is 0 Å². The standard InChI is InChI=1S/C13H14N2/c14-8-13-6-3-7-15(13)9-11-4-1-2-5-12(11)10-15/h1-2,4-5H,3,6-7,9-10H2. The summed E-state index contributed by atoms with van der Waals surface area (Å²) < 4.78 is 0.926. The fourth-order valence-electron chi connectivity index (χ4n) is 3.01. The van der Waals surface area contributed by atoms with Crippen LogP contribution in [0.25, 0.3) is 5.41 Å². The maximum atomic E-state index is 9.17. The Kier molecular flexibility index (Phi) is 1.82. The summed E-state index contributed by atoms with van der Waals surface area (Å²) in [6.45, 7) is 3.23. The topological polar surface area (TPSA) is 22.3 Å². The first-order chi connectivity index (χ1) is 7.34. The van der Waals surface area contributed by atoms with E-state index in [0.29, 0.717) is 0 Å². The summed E-state index contributed by atoms with van der Waals surface area (Å²) >= 11 is 0. The Morgan fingerprint density at radius 2 is 1.80 bits per heavy atom. The highest BCUT2D eigenvalue weighted by Crippen LogP contribution is 2.39. The van der Waals surface area contributed by atoms with Crippen molar-refractivity contribution in [3.8, 4) is 0 Å². The van der Waals surface area contributed by atoms with Crippen LogP contribution in [0.1, 0.15) is 24.0 Å². The van der Waals surface area contributed by atoms with Crippen LogP contribution in [0.2, 0.25) is 0 Å². The van der Waals surface area contributed by atoms with Crippen LogP contribution in [0, 0.1) is 0 Å². The SMILES string of the molecule is [N-]=C=C1CCC[N+]12Cc1ccccc1C2. The van der Waals surface area contributed by atoms with Gasteiger partial charge in [0.1, 0.15) is 18.8 Å². The van der Waals surface area contributed by atoms with E-state index < -0.39 is 0 Å². The molecule has 3 rings (SSSR count). The van der Waals surface area contributed by atoms with E-state index in [1.807, 2.05) is 0 Å². The molecule has 0 N–H and O–H groups in total. The van der Waals surface area contributed by atoms with Gasteiger partial charge in [0.05, 0.1) is 6.54 Å². The lowest BCUT2D eigenvalue weighted by Crippen LogP contribution is -2.37. The highest BCUT2D eigenvalue weighted by atomic mass is 15.4. The molecule has 2 aliphatic heterocycles. The Labute approximate surface area is 89.9 Å². The lowest BCUT2D eigenvalue weighted by Gasteiger charge is -2.29. The second-order valence-corrected chi connectivity index (χ2v) is 4.62. The number of allylic oxidation sites excluding steroid dienone is 1. The first-order valence-electron chi connectivity index (χ1n) is 5.53. The molecule has 76 valence electrons. The Morgan fingerprint density at radius 3 is 2.40 bits per heavy atom. The number of hydrogen-bond acceptors (Lipinski definition) is 0. The molecule has 0 radical (unpaired) electrons. The first kappa shape index (κ1) is 8.90. The second kappa shape index (κ2) is 3.06. The molecule has 1 aromatic rings. The molecule has 0 bridgehead atoms. The smallest absolute Gasteiger partial charge is 0.129 e. The molecule has 0 unspecified atom stereocenters. The maximum Gasteiger partial charge on any atom is 0.129 e. The first-order valence-corrected chi connectivity index (χ1v) is 5.53. The molecule has 1 spiro atoms. The fourth-order valence-corrected chi connectivity index (χ4v) is 3.01. The van der Waals surface area contributed by atoms with E-state index in [1.54, 1.807) is 0 Å². The van der Waals surface area contributed by atoms with Crippen LogP contribution in [-0.2, 0) is 13.1 Å². The molecule has 2 heteroatoms. The molecule has 2 aliphatic rings. The third kappa shape index (κ3) is 1.19. The van der Waals surface area contributed by atoms with Crippen molar-refractivity contribution in [3.63, 3.8) is 0 Å². The predicted molar refractivity (Wildman–Crippen MR) is 60.1 cm³/mol. The highest BCUT2D eigenvalue weighted by Gasteiger charge is 2.42. The molecular weight excluding hydrogens is 184 g/mol. The maximum absolute atomic E-state index is 9.17. The predicted octanol–water partition coefficient (Wildman–Crippen LogP) is 2.43. The molecule has 2 nitrogen and oxygen atoms in total. The molecule has 2 heterocycles. The summed E-state index contributed by atoms with van der Waals surface area (Å²) in [4.78, 5) is 0. The molecule has 0 aliphatic carbocycles. The Morgan fingerprint density at radius 1 is 1.13 bits per heavy atom. The van der Waals surface area contributed by atoms with Crippen molar-refractivity contribution in [2.45, 2.75) is 25.9 Å². The summed E-state index contributed by atoms with van der Waals surface area (Å²) in [6.07, 6.45) is 2.18. The van der Waals surface area contributed by atoms with E-state index in [2.05, 4.69) is 30.1 Å². The van der Waals surface area contributed by atoms with Crippen LogP contribution in [0.15, 0.2) is 30.0 Å². The molecule has 15 heavy (non-hydrogen) atoms. The monoisotopic (exact) mass is 198 g/mol. The highest BCUT2D eigenvalue weighted by molar-refractivity contribution is 5.59. The summed E-state index contributed by atoms with van der Waals surface area (Å²) in [6, 6.07) is 8.61. The summed E-state index contributed by atoms with van der Waals surface area (Å²) in [5.41, 5.74) is 3.96. The second-order valence-electron chi connectivity index (χ2n) is 4.62. The van der Waals surface area contributed by atoms with Gasteiger partial charge in [0.25, 0.3) is 0 Å². The zero-order valence-electron chi connectivity index (χ0n) is 8.74. The van der Waals surface area contributed by atoms with Crippen molar-refractivity contribution in [1.82, 2.24) is 0 Å². The van der Waals surface area contributed by atoms with Crippen LogP contribution in [0.4, 0.5) is 0 Å². The Balaban J connectivity index is 2.04. The van der Waals surface area contributed by atoms with Crippen molar-refractivity contribution in [2.24, 2.45) is 0 Å². The number of rotatable bonds is 0. The van der Waals surface area contributed by atoms with Gasteiger partial charge in [-0.05, 0) is 0 Å². The van der Waals surface area contributed by atoms with Crippen molar-refractivity contribution in [1.29, 1.82) is 0 Å². The van der Waals surface area contributed by atoms with Crippen LogP contribution in [0.3, 0.4) is 0 Å². The molecule has 1 fully saturated rings. The van der Waals surface area contributed by atoms with Gasteiger partial charge in [0.2, 0.25) is 0 Å². The van der Waals surface area contributed by atoms with Crippen molar-refractivity contribution in [2.75, 3.05) is 6.54 Å². The molecule has 0 atom stereocenters. The van der Waals surface area contributed by atoms with Gasteiger partial charge >= 0.3 is 0 Å². The van der Waals surface area contributed by atoms with Gasteiger partial charge in [-0.1, -0.05) is 24.3 Å². The lowest BCUT2D eigenvalue weighted by atomic mass is 10.1. The van der Waals surface area contributed by atoms with E-state index in [0.717, 1.165) is 36.2 Å². The van der Waals surface area contributed by atoms with Crippen LogP contribution in [0.5, 0.6) is 0 Å².